The Hall–Kier alpha value is -0.900. The van der Waals surface area contributed by atoms with Gasteiger partial charge in [-0.1, -0.05) is 30.3 Å². The molecule has 3 heteroatoms. The van der Waals surface area contributed by atoms with Crippen molar-refractivity contribution in [3.8, 4) is 0 Å². The molecule has 1 aromatic carbocycles. The van der Waals surface area contributed by atoms with Crippen LogP contribution in [-0.4, -0.2) is 56.1 Å². The molecule has 1 aromatic rings. The number of hydrogen-bond acceptors (Lipinski definition) is 3. The first-order chi connectivity index (χ1) is 9.34. The van der Waals surface area contributed by atoms with Crippen LogP contribution in [0.15, 0.2) is 30.3 Å². The van der Waals surface area contributed by atoms with Crippen LogP contribution in [0.5, 0.6) is 0 Å². The van der Waals surface area contributed by atoms with E-state index in [-0.39, 0.29) is 0 Å². The van der Waals surface area contributed by atoms with Gasteiger partial charge in [0.1, 0.15) is 0 Å². The molecule has 0 amide bonds. The maximum Gasteiger partial charge on any atom is 0.0206 e. The first kappa shape index (κ1) is 14.5. The summed E-state index contributed by atoms with van der Waals surface area (Å²) in [6.07, 6.45) is 2.78. The summed E-state index contributed by atoms with van der Waals surface area (Å²) in [7, 11) is 2.22. The molecule has 19 heavy (non-hydrogen) atoms. The standard InChI is InChI=1S/C16H27N3/c1-18(13-14-19-10-5-6-11-19)12-9-17-15-16-7-3-2-4-8-16/h2-4,7-8,17H,5-6,9-15H2,1H3. The van der Waals surface area contributed by atoms with E-state index >= 15 is 0 Å². The monoisotopic (exact) mass is 261 g/mol. The van der Waals surface area contributed by atoms with Gasteiger partial charge in [-0.15, -0.1) is 0 Å². The molecule has 1 heterocycles. The van der Waals surface area contributed by atoms with Crippen LogP contribution in [0.4, 0.5) is 0 Å². The summed E-state index contributed by atoms with van der Waals surface area (Å²) in [4.78, 5) is 5.00. The zero-order chi connectivity index (χ0) is 13.3. The van der Waals surface area contributed by atoms with Gasteiger partial charge >= 0.3 is 0 Å². The highest BCUT2D eigenvalue weighted by molar-refractivity contribution is 5.14. The number of rotatable bonds is 8. The van der Waals surface area contributed by atoms with Gasteiger partial charge in [0.15, 0.2) is 0 Å². The van der Waals surface area contributed by atoms with Gasteiger partial charge < -0.3 is 15.1 Å². The van der Waals surface area contributed by atoms with Crippen LogP contribution in [0.3, 0.4) is 0 Å². The lowest BCUT2D eigenvalue weighted by Crippen LogP contribution is -2.35. The summed E-state index contributed by atoms with van der Waals surface area (Å²) in [5.41, 5.74) is 1.36. The van der Waals surface area contributed by atoms with E-state index in [1.54, 1.807) is 0 Å². The molecule has 0 spiro atoms. The van der Waals surface area contributed by atoms with Crippen LogP contribution in [0.1, 0.15) is 18.4 Å². The molecule has 0 aliphatic carbocycles. The number of benzene rings is 1. The minimum Gasteiger partial charge on any atom is -0.311 e. The van der Waals surface area contributed by atoms with Crippen molar-refractivity contribution in [2.45, 2.75) is 19.4 Å². The van der Waals surface area contributed by atoms with E-state index in [4.69, 9.17) is 0 Å². The molecule has 0 saturated carbocycles. The van der Waals surface area contributed by atoms with Crippen molar-refractivity contribution in [3.63, 3.8) is 0 Å². The van der Waals surface area contributed by atoms with Crippen molar-refractivity contribution in [1.82, 2.24) is 15.1 Å². The molecule has 1 fully saturated rings. The van der Waals surface area contributed by atoms with Gasteiger partial charge in [-0.3, -0.25) is 0 Å². The van der Waals surface area contributed by atoms with E-state index in [0.29, 0.717) is 0 Å². The van der Waals surface area contributed by atoms with Gasteiger partial charge in [0.2, 0.25) is 0 Å². The van der Waals surface area contributed by atoms with Crippen molar-refractivity contribution in [3.05, 3.63) is 35.9 Å². The number of nitrogens with zero attached hydrogens (tertiary/aromatic N) is 2. The van der Waals surface area contributed by atoms with Crippen LogP contribution in [0.25, 0.3) is 0 Å². The third-order valence-corrected chi connectivity index (χ3v) is 3.84. The van der Waals surface area contributed by atoms with Crippen molar-refractivity contribution in [2.24, 2.45) is 0 Å². The quantitative estimate of drug-likeness (QED) is 0.720. The second kappa shape index (κ2) is 8.31. The Morgan fingerprint density at radius 1 is 1.11 bits per heavy atom. The van der Waals surface area contributed by atoms with Crippen LogP contribution in [0, 0.1) is 0 Å². The molecule has 1 aliphatic heterocycles. The second-order valence-electron chi connectivity index (χ2n) is 5.51. The van der Waals surface area contributed by atoms with E-state index in [9.17, 15) is 0 Å². The lowest BCUT2D eigenvalue weighted by molar-refractivity contribution is 0.257. The highest BCUT2D eigenvalue weighted by Gasteiger charge is 2.11. The highest BCUT2D eigenvalue weighted by Crippen LogP contribution is 2.06. The Morgan fingerprint density at radius 3 is 2.58 bits per heavy atom. The fourth-order valence-corrected chi connectivity index (χ4v) is 2.53. The van der Waals surface area contributed by atoms with Crippen LogP contribution in [-0.2, 0) is 6.54 Å². The molecule has 0 unspecified atom stereocenters. The van der Waals surface area contributed by atoms with Crippen LogP contribution < -0.4 is 5.32 Å². The zero-order valence-corrected chi connectivity index (χ0v) is 12.1. The first-order valence-electron chi connectivity index (χ1n) is 7.50. The Morgan fingerprint density at radius 2 is 1.84 bits per heavy atom. The molecule has 1 saturated heterocycles. The average molecular weight is 261 g/mol. The fourth-order valence-electron chi connectivity index (χ4n) is 2.53. The van der Waals surface area contributed by atoms with E-state index in [1.165, 1.54) is 44.6 Å². The summed E-state index contributed by atoms with van der Waals surface area (Å²) in [5, 5.41) is 3.51. The topological polar surface area (TPSA) is 18.5 Å². The normalized spacial score (nSPS) is 16.3. The molecule has 0 aromatic heterocycles. The van der Waals surface area contributed by atoms with Crippen molar-refractivity contribution in [2.75, 3.05) is 46.3 Å². The minimum atomic E-state index is 0.973. The van der Waals surface area contributed by atoms with Crippen molar-refractivity contribution < 1.29 is 0 Å². The molecule has 3 nitrogen and oxygen atoms in total. The van der Waals surface area contributed by atoms with Gasteiger partial charge in [0.05, 0.1) is 0 Å². The number of nitrogens with one attached hydrogen (secondary N) is 1. The van der Waals surface area contributed by atoms with Crippen LogP contribution in [0.2, 0.25) is 0 Å². The highest BCUT2D eigenvalue weighted by atomic mass is 15.2. The van der Waals surface area contributed by atoms with Gasteiger partial charge in [0.25, 0.3) is 0 Å². The van der Waals surface area contributed by atoms with E-state index in [2.05, 4.69) is 52.5 Å². The predicted molar refractivity (Wildman–Crippen MR) is 81.3 cm³/mol. The molecule has 0 radical (unpaired) electrons. The summed E-state index contributed by atoms with van der Waals surface area (Å²) in [6, 6.07) is 10.6. The van der Waals surface area contributed by atoms with Crippen molar-refractivity contribution in [1.29, 1.82) is 0 Å². The Labute approximate surface area is 117 Å². The fraction of sp³-hybridized carbons (Fsp3) is 0.625. The van der Waals surface area contributed by atoms with E-state index in [0.717, 1.165) is 19.6 Å². The van der Waals surface area contributed by atoms with Crippen molar-refractivity contribution >= 4 is 0 Å². The third kappa shape index (κ3) is 5.72. The lowest BCUT2D eigenvalue weighted by Gasteiger charge is -2.21. The van der Waals surface area contributed by atoms with Crippen LogP contribution >= 0.6 is 0 Å². The largest absolute Gasteiger partial charge is 0.311 e. The molecule has 0 bridgehead atoms. The molecule has 0 atom stereocenters. The third-order valence-electron chi connectivity index (χ3n) is 3.84. The zero-order valence-electron chi connectivity index (χ0n) is 12.1. The summed E-state index contributed by atoms with van der Waals surface area (Å²) in [5.74, 6) is 0. The maximum absolute atomic E-state index is 3.51. The predicted octanol–water partition coefficient (Wildman–Crippen LogP) is 1.80. The summed E-state index contributed by atoms with van der Waals surface area (Å²) in [6.45, 7) is 8.19. The second-order valence-corrected chi connectivity index (χ2v) is 5.51. The van der Waals surface area contributed by atoms with E-state index in [1.807, 2.05) is 0 Å². The smallest absolute Gasteiger partial charge is 0.0206 e. The molecular formula is C16H27N3. The molecule has 1 N–H and O–H groups in total. The molecule has 1 aliphatic rings. The average Bonchev–Trinajstić information content (AvgIpc) is 2.96. The molecule has 106 valence electrons. The van der Waals surface area contributed by atoms with E-state index < -0.39 is 0 Å². The van der Waals surface area contributed by atoms with Gasteiger partial charge in [-0.2, -0.15) is 0 Å². The van der Waals surface area contributed by atoms with Gasteiger partial charge in [-0.05, 0) is 38.5 Å². The maximum atomic E-state index is 3.51. The lowest BCUT2D eigenvalue weighted by atomic mass is 10.2. The first-order valence-corrected chi connectivity index (χ1v) is 7.50. The molecule has 2 rings (SSSR count). The number of likely N-dealkylation sites (tertiary alicyclic amines) is 1. The van der Waals surface area contributed by atoms with Gasteiger partial charge in [-0.25, -0.2) is 0 Å². The number of hydrogen-bond donors (Lipinski definition) is 1. The molecular weight excluding hydrogens is 234 g/mol. The Bertz CT molecular complexity index is 333. The Kier molecular flexibility index (Phi) is 6.34. The summed E-state index contributed by atoms with van der Waals surface area (Å²) >= 11 is 0. The Balaban J connectivity index is 1.50. The number of likely N-dealkylation sites (N-methyl/N-ethyl adjacent to an activating group) is 1. The minimum absolute atomic E-state index is 0.973. The SMILES string of the molecule is CN(CCNCc1ccccc1)CCN1CCCC1. The summed E-state index contributed by atoms with van der Waals surface area (Å²) < 4.78 is 0. The van der Waals surface area contributed by atoms with Gasteiger partial charge in [0, 0.05) is 32.7 Å².